The third-order valence-corrected chi connectivity index (χ3v) is 6.70. The number of amides is 1. The van der Waals surface area contributed by atoms with Crippen LogP contribution in [0.25, 0.3) is 10.8 Å². The Balaban J connectivity index is 1.49. The first-order valence-corrected chi connectivity index (χ1v) is 12.5. The van der Waals surface area contributed by atoms with E-state index in [2.05, 4.69) is 15.2 Å². The normalized spacial score (nSPS) is 11.5. The zero-order valence-corrected chi connectivity index (χ0v) is 20.2. The van der Waals surface area contributed by atoms with Gasteiger partial charge in [0, 0.05) is 5.56 Å². The van der Waals surface area contributed by atoms with Crippen LogP contribution >= 0.6 is 0 Å². The molecule has 0 aliphatic carbocycles. The van der Waals surface area contributed by atoms with Crippen molar-refractivity contribution >= 4 is 38.9 Å². The predicted octanol–water partition coefficient (Wildman–Crippen LogP) is 3.80. The molecule has 2 N–H and O–H groups in total. The number of carbonyl (C=O) groups excluding carboxylic acids is 2. The summed E-state index contributed by atoms with van der Waals surface area (Å²) in [6.45, 7) is 1.42. The van der Waals surface area contributed by atoms with E-state index >= 15 is 0 Å². The molecule has 8 nitrogen and oxygen atoms in total. The van der Waals surface area contributed by atoms with Gasteiger partial charge in [0.2, 0.25) is 10.0 Å². The molecule has 36 heavy (non-hydrogen) atoms. The maximum Gasteiger partial charge on any atom is 0.343 e. The number of nitrogens with zero attached hydrogens (tertiary/aromatic N) is 1. The molecule has 0 bridgehead atoms. The molecule has 0 atom stereocenters. The second-order valence-corrected chi connectivity index (χ2v) is 9.65. The lowest BCUT2D eigenvalue weighted by Gasteiger charge is -2.11. The van der Waals surface area contributed by atoms with Crippen LogP contribution in [0.2, 0.25) is 0 Å². The predicted molar refractivity (Wildman–Crippen MR) is 137 cm³/mol. The van der Waals surface area contributed by atoms with Crippen LogP contribution < -0.4 is 14.9 Å². The van der Waals surface area contributed by atoms with Crippen LogP contribution in [0.3, 0.4) is 0 Å². The highest BCUT2D eigenvalue weighted by molar-refractivity contribution is 7.89. The molecule has 0 saturated carbocycles. The standard InChI is InChI=1S/C27H23N3O5S/c1-19-11-13-21(14-12-19)27(32)35-25-16-15-20-7-5-6-10-23(20)24(25)17-28-30-26(31)18-29-36(33,34)22-8-3-2-4-9-22/h2-17,29H,18H2,1H3,(H,30,31)/b28-17+. The van der Waals surface area contributed by atoms with Crippen molar-refractivity contribution in [2.75, 3.05) is 6.54 Å². The molecule has 182 valence electrons. The fourth-order valence-electron chi connectivity index (χ4n) is 3.40. The van der Waals surface area contributed by atoms with Crippen molar-refractivity contribution in [1.82, 2.24) is 10.1 Å². The Bertz CT molecular complexity index is 1530. The summed E-state index contributed by atoms with van der Waals surface area (Å²) in [6, 6.07) is 25.7. The van der Waals surface area contributed by atoms with Gasteiger partial charge in [-0.15, -0.1) is 0 Å². The minimum absolute atomic E-state index is 0.0529. The Morgan fingerprint density at radius 1 is 0.889 bits per heavy atom. The van der Waals surface area contributed by atoms with Gasteiger partial charge in [0.05, 0.1) is 23.2 Å². The van der Waals surface area contributed by atoms with E-state index in [0.29, 0.717) is 11.1 Å². The lowest BCUT2D eigenvalue weighted by Crippen LogP contribution is -2.34. The van der Waals surface area contributed by atoms with E-state index in [1.165, 1.54) is 18.3 Å². The van der Waals surface area contributed by atoms with Crippen molar-refractivity contribution in [3.63, 3.8) is 0 Å². The number of hydrazone groups is 1. The first-order chi connectivity index (χ1) is 17.3. The summed E-state index contributed by atoms with van der Waals surface area (Å²) in [6.07, 6.45) is 1.36. The van der Waals surface area contributed by atoms with Crippen LogP contribution in [0.1, 0.15) is 21.5 Å². The number of sulfonamides is 1. The van der Waals surface area contributed by atoms with Crippen LogP contribution in [0.15, 0.2) is 101 Å². The molecule has 4 rings (SSSR count). The van der Waals surface area contributed by atoms with Crippen molar-refractivity contribution in [2.24, 2.45) is 5.10 Å². The third kappa shape index (κ3) is 6.01. The molecule has 0 aliphatic rings. The number of rotatable bonds is 8. The van der Waals surface area contributed by atoms with Crippen LogP contribution in [0, 0.1) is 6.92 Å². The molecule has 1 amide bonds. The van der Waals surface area contributed by atoms with Gasteiger partial charge in [-0.05, 0) is 48.0 Å². The number of hydrogen-bond acceptors (Lipinski definition) is 6. The Labute approximate surface area is 208 Å². The molecular formula is C27H23N3O5S. The highest BCUT2D eigenvalue weighted by atomic mass is 32.2. The van der Waals surface area contributed by atoms with E-state index in [1.807, 2.05) is 49.4 Å². The van der Waals surface area contributed by atoms with E-state index < -0.39 is 28.4 Å². The fraction of sp³-hybridized carbons (Fsp3) is 0.0741. The highest BCUT2D eigenvalue weighted by Gasteiger charge is 2.16. The quantitative estimate of drug-likeness (QED) is 0.165. The summed E-state index contributed by atoms with van der Waals surface area (Å²) >= 11 is 0. The van der Waals surface area contributed by atoms with Gasteiger partial charge >= 0.3 is 5.97 Å². The lowest BCUT2D eigenvalue weighted by molar-refractivity contribution is -0.119. The van der Waals surface area contributed by atoms with Crippen molar-refractivity contribution in [3.05, 3.63) is 108 Å². The number of aryl methyl sites for hydroxylation is 1. The maximum atomic E-state index is 12.7. The summed E-state index contributed by atoms with van der Waals surface area (Å²) in [5, 5.41) is 5.61. The Kier molecular flexibility index (Phi) is 7.53. The average Bonchev–Trinajstić information content (AvgIpc) is 2.89. The Hall–Kier alpha value is -4.34. The van der Waals surface area contributed by atoms with Gasteiger partial charge in [0.15, 0.2) is 0 Å². The van der Waals surface area contributed by atoms with Crippen molar-refractivity contribution < 1.29 is 22.7 Å². The van der Waals surface area contributed by atoms with Crippen molar-refractivity contribution in [1.29, 1.82) is 0 Å². The van der Waals surface area contributed by atoms with Crippen LogP contribution in [-0.2, 0) is 14.8 Å². The van der Waals surface area contributed by atoms with Gasteiger partial charge in [0.1, 0.15) is 5.75 Å². The maximum absolute atomic E-state index is 12.7. The zero-order chi connectivity index (χ0) is 25.5. The summed E-state index contributed by atoms with van der Waals surface area (Å²) in [7, 11) is -3.83. The number of ether oxygens (including phenoxy) is 1. The Morgan fingerprint density at radius 3 is 2.33 bits per heavy atom. The average molecular weight is 502 g/mol. The SMILES string of the molecule is Cc1ccc(C(=O)Oc2ccc3ccccc3c2/C=N/NC(=O)CNS(=O)(=O)c2ccccc2)cc1. The monoisotopic (exact) mass is 501 g/mol. The number of benzene rings is 4. The van der Waals surface area contributed by atoms with Gasteiger partial charge in [-0.3, -0.25) is 4.79 Å². The molecular weight excluding hydrogens is 478 g/mol. The lowest BCUT2D eigenvalue weighted by atomic mass is 10.0. The van der Waals surface area contributed by atoms with Gasteiger partial charge in [0.25, 0.3) is 5.91 Å². The Morgan fingerprint density at radius 2 is 1.58 bits per heavy atom. The molecule has 0 fully saturated rings. The summed E-state index contributed by atoms with van der Waals surface area (Å²) < 4.78 is 32.4. The molecule has 0 heterocycles. The largest absolute Gasteiger partial charge is 0.422 e. The summed E-state index contributed by atoms with van der Waals surface area (Å²) in [5.41, 5.74) is 4.21. The molecule has 0 aliphatic heterocycles. The number of esters is 1. The minimum Gasteiger partial charge on any atom is -0.422 e. The van der Waals surface area contributed by atoms with Gasteiger partial charge < -0.3 is 4.74 Å². The van der Waals surface area contributed by atoms with Crippen LogP contribution in [0.4, 0.5) is 0 Å². The second-order valence-electron chi connectivity index (χ2n) is 7.88. The van der Waals surface area contributed by atoms with Crippen LogP contribution in [-0.4, -0.2) is 33.1 Å². The number of carbonyl (C=O) groups is 2. The first-order valence-electron chi connectivity index (χ1n) is 11.0. The number of hydrogen-bond donors (Lipinski definition) is 2. The molecule has 4 aromatic carbocycles. The van der Waals surface area contributed by atoms with Crippen LogP contribution in [0.5, 0.6) is 5.75 Å². The molecule has 4 aromatic rings. The van der Waals surface area contributed by atoms with E-state index in [-0.39, 0.29) is 10.6 Å². The molecule has 0 saturated heterocycles. The van der Waals surface area contributed by atoms with Gasteiger partial charge in [-0.1, -0.05) is 66.2 Å². The molecule has 0 radical (unpaired) electrons. The smallest absolute Gasteiger partial charge is 0.343 e. The summed E-state index contributed by atoms with van der Waals surface area (Å²) in [4.78, 5) is 25.0. The molecule has 0 unspecified atom stereocenters. The molecule has 0 aromatic heterocycles. The van der Waals surface area contributed by atoms with E-state index in [0.717, 1.165) is 16.3 Å². The number of fused-ring (bicyclic) bond motifs is 1. The molecule has 9 heteroatoms. The first kappa shape index (κ1) is 24.8. The zero-order valence-electron chi connectivity index (χ0n) is 19.3. The van der Waals surface area contributed by atoms with E-state index in [4.69, 9.17) is 4.74 Å². The third-order valence-electron chi connectivity index (χ3n) is 5.28. The molecule has 0 spiro atoms. The number of nitrogens with one attached hydrogen (secondary N) is 2. The van der Waals surface area contributed by atoms with E-state index in [9.17, 15) is 18.0 Å². The van der Waals surface area contributed by atoms with Gasteiger partial charge in [-0.25, -0.2) is 23.4 Å². The fourth-order valence-corrected chi connectivity index (χ4v) is 4.40. The van der Waals surface area contributed by atoms with E-state index in [1.54, 1.807) is 36.4 Å². The topological polar surface area (TPSA) is 114 Å². The van der Waals surface area contributed by atoms with Crippen molar-refractivity contribution in [2.45, 2.75) is 11.8 Å². The van der Waals surface area contributed by atoms with Crippen molar-refractivity contribution in [3.8, 4) is 5.75 Å². The highest BCUT2D eigenvalue weighted by Crippen LogP contribution is 2.27. The minimum atomic E-state index is -3.83. The second kappa shape index (κ2) is 10.9. The van der Waals surface area contributed by atoms with Gasteiger partial charge in [-0.2, -0.15) is 5.10 Å². The summed E-state index contributed by atoms with van der Waals surface area (Å²) in [5.74, 6) is -0.925.